The predicted molar refractivity (Wildman–Crippen MR) is 57.2 cm³/mol. The van der Waals surface area contributed by atoms with Gasteiger partial charge in [0.15, 0.2) is 0 Å². The SMILES string of the molecule is CCOCCC1CC(OC)CCC1N. The van der Waals surface area contributed by atoms with Crippen LogP contribution in [0.1, 0.15) is 32.6 Å². The van der Waals surface area contributed by atoms with Gasteiger partial charge in [-0.1, -0.05) is 0 Å². The minimum absolute atomic E-state index is 0.349. The fraction of sp³-hybridized carbons (Fsp3) is 1.00. The van der Waals surface area contributed by atoms with E-state index >= 15 is 0 Å². The molecule has 0 heterocycles. The van der Waals surface area contributed by atoms with Crippen LogP contribution in [-0.2, 0) is 9.47 Å². The van der Waals surface area contributed by atoms with Crippen LogP contribution in [0.25, 0.3) is 0 Å². The van der Waals surface area contributed by atoms with Crippen molar-refractivity contribution >= 4 is 0 Å². The van der Waals surface area contributed by atoms with Crippen molar-refractivity contribution in [2.75, 3.05) is 20.3 Å². The lowest BCUT2D eigenvalue weighted by Gasteiger charge is -2.33. The molecular weight excluding hydrogens is 178 g/mol. The van der Waals surface area contributed by atoms with Crippen molar-refractivity contribution in [2.45, 2.75) is 44.8 Å². The van der Waals surface area contributed by atoms with Crippen LogP contribution < -0.4 is 5.73 Å². The Hall–Kier alpha value is -0.120. The van der Waals surface area contributed by atoms with E-state index in [-0.39, 0.29) is 0 Å². The highest BCUT2D eigenvalue weighted by atomic mass is 16.5. The minimum atomic E-state index is 0.349. The molecule has 0 spiro atoms. The Morgan fingerprint density at radius 1 is 1.36 bits per heavy atom. The summed E-state index contributed by atoms with van der Waals surface area (Å²) in [6.45, 7) is 3.67. The van der Waals surface area contributed by atoms with Gasteiger partial charge in [-0.05, 0) is 38.5 Å². The maximum Gasteiger partial charge on any atom is 0.0575 e. The second-order valence-electron chi connectivity index (χ2n) is 4.08. The lowest BCUT2D eigenvalue weighted by atomic mass is 9.81. The van der Waals surface area contributed by atoms with Gasteiger partial charge in [-0.25, -0.2) is 0 Å². The molecule has 14 heavy (non-hydrogen) atoms. The first-order chi connectivity index (χ1) is 6.77. The van der Waals surface area contributed by atoms with E-state index in [0.717, 1.165) is 38.9 Å². The van der Waals surface area contributed by atoms with Gasteiger partial charge in [0.25, 0.3) is 0 Å². The van der Waals surface area contributed by atoms with Crippen molar-refractivity contribution in [2.24, 2.45) is 11.7 Å². The van der Waals surface area contributed by atoms with Crippen molar-refractivity contribution in [3.05, 3.63) is 0 Å². The molecule has 84 valence electrons. The highest BCUT2D eigenvalue weighted by Gasteiger charge is 2.27. The number of rotatable bonds is 5. The first kappa shape index (κ1) is 12.0. The zero-order chi connectivity index (χ0) is 10.4. The number of hydrogen-bond acceptors (Lipinski definition) is 3. The molecule has 3 heteroatoms. The van der Waals surface area contributed by atoms with Crippen molar-refractivity contribution in [3.8, 4) is 0 Å². The molecule has 3 nitrogen and oxygen atoms in total. The molecular formula is C11H23NO2. The fourth-order valence-electron chi connectivity index (χ4n) is 2.17. The second-order valence-corrected chi connectivity index (χ2v) is 4.08. The molecule has 0 aromatic heterocycles. The van der Waals surface area contributed by atoms with Crippen molar-refractivity contribution in [1.29, 1.82) is 0 Å². The lowest BCUT2D eigenvalue weighted by molar-refractivity contribution is 0.0322. The fourth-order valence-corrected chi connectivity index (χ4v) is 2.17. The van der Waals surface area contributed by atoms with Gasteiger partial charge in [0, 0.05) is 26.4 Å². The molecule has 2 N–H and O–H groups in total. The van der Waals surface area contributed by atoms with Crippen molar-refractivity contribution in [3.63, 3.8) is 0 Å². The summed E-state index contributed by atoms with van der Waals surface area (Å²) in [4.78, 5) is 0. The largest absolute Gasteiger partial charge is 0.382 e. The second kappa shape index (κ2) is 6.38. The van der Waals surface area contributed by atoms with Crippen LogP contribution in [0.2, 0.25) is 0 Å². The molecule has 1 saturated carbocycles. The summed E-state index contributed by atoms with van der Waals surface area (Å²) >= 11 is 0. The van der Waals surface area contributed by atoms with Crippen LogP contribution in [0.4, 0.5) is 0 Å². The summed E-state index contributed by atoms with van der Waals surface area (Å²) in [6.07, 6.45) is 4.80. The summed E-state index contributed by atoms with van der Waals surface area (Å²) in [5, 5.41) is 0. The van der Waals surface area contributed by atoms with E-state index in [1.807, 2.05) is 6.92 Å². The zero-order valence-corrected chi connectivity index (χ0v) is 9.37. The van der Waals surface area contributed by atoms with E-state index in [0.29, 0.717) is 18.1 Å². The van der Waals surface area contributed by atoms with Gasteiger partial charge in [-0.15, -0.1) is 0 Å². The van der Waals surface area contributed by atoms with Crippen molar-refractivity contribution < 1.29 is 9.47 Å². The first-order valence-corrected chi connectivity index (χ1v) is 5.64. The summed E-state index contributed by atoms with van der Waals surface area (Å²) < 4.78 is 10.7. The predicted octanol–water partition coefficient (Wildman–Crippen LogP) is 1.56. The van der Waals surface area contributed by atoms with E-state index in [2.05, 4.69) is 0 Å². The van der Waals surface area contributed by atoms with Crippen LogP contribution in [0, 0.1) is 5.92 Å². The van der Waals surface area contributed by atoms with Crippen LogP contribution in [0.5, 0.6) is 0 Å². The molecule has 1 aliphatic rings. The smallest absolute Gasteiger partial charge is 0.0575 e. The first-order valence-electron chi connectivity index (χ1n) is 5.64. The molecule has 0 saturated heterocycles. The van der Waals surface area contributed by atoms with E-state index in [1.165, 1.54) is 0 Å². The number of hydrogen-bond donors (Lipinski definition) is 1. The van der Waals surface area contributed by atoms with Crippen LogP contribution in [-0.4, -0.2) is 32.5 Å². The zero-order valence-electron chi connectivity index (χ0n) is 9.37. The number of ether oxygens (including phenoxy) is 2. The van der Waals surface area contributed by atoms with Gasteiger partial charge < -0.3 is 15.2 Å². The maximum atomic E-state index is 6.07. The third-order valence-corrected chi connectivity index (χ3v) is 3.16. The number of methoxy groups -OCH3 is 1. The number of nitrogens with two attached hydrogens (primary N) is 1. The van der Waals surface area contributed by atoms with Gasteiger partial charge in [-0.2, -0.15) is 0 Å². The molecule has 3 unspecified atom stereocenters. The van der Waals surface area contributed by atoms with Gasteiger partial charge >= 0.3 is 0 Å². The summed E-state index contributed by atoms with van der Waals surface area (Å²) in [6, 6.07) is 0.349. The minimum Gasteiger partial charge on any atom is -0.382 e. The Morgan fingerprint density at radius 2 is 2.14 bits per heavy atom. The van der Waals surface area contributed by atoms with Crippen molar-refractivity contribution in [1.82, 2.24) is 0 Å². The molecule has 1 rings (SSSR count). The average Bonchev–Trinajstić information content (AvgIpc) is 2.21. The van der Waals surface area contributed by atoms with Crippen LogP contribution in [0.3, 0.4) is 0 Å². The molecule has 0 aromatic rings. The molecule has 3 atom stereocenters. The van der Waals surface area contributed by atoms with E-state index in [1.54, 1.807) is 7.11 Å². The van der Waals surface area contributed by atoms with Gasteiger partial charge in [0.2, 0.25) is 0 Å². The van der Waals surface area contributed by atoms with E-state index in [4.69, 9.17) is 15.2 Å². The molecule has 0 radical (unpaired) electrons. The Labute approximate surface area is 86.9 Å². The maximum absolute atomic E-state index is 6.07. The molecule has 1 aliphatic carbocycles. The molecule has 0 aromatic carbocycles. The average molecular weight is 201 g/mol. The highest BCUT2D eigenvalue weighted by molar-refractivity contribution is 4.82. The molecule has 1 fully saturated rings. The normalized spacial score (nSPS) is 33.2. The summed E-state index contributed by atoms with van der Waals surface area (Å²) in [5.41, 5.74) is 6.07. The lowest BCUT2D eigenvalue weighted by Crippen LogP contribution is -2.39. The Kier molecular flexibility index (Phi) is 5.45. The monoisotopic (exact) mass is 201 g/mol. The Bertz CT molecular complexity index is 152. The molecule has 0 aliphatic heterocycles. The quantitative estimate of drug-likeness (QED) is 0.686. The summed E-state index contributed by atoms with van der Waals surface area (Å²) in [5.74, 6) is 0.584. The van der Waals surface area contributed by atoms with Crippen LogP contribution >= 0.6 is 0 Å². The summed E-state index contributed by atoms with van der Waals surface area (Å²) in [7, 11) is 1.79. The van der Waals surface area contributed by atoms with E-state index < -0.39 is 0 Å². The van der Waals surface area contributed by atoms with Crippen LogP contribution in [0.15, 0.2) is 0 Å². The topological polar surface area (TPSA) is 44.5 Å². The van der Waals surface area contributed by atoms with Gasteiger partial charge in [0.05, 0.1) is 6.10 Å². The van der Waals surface area contributed by atoms with Gasteiger partial charge in [0.1, 0.15) is 0 Å². The Balaban J connectivity index is 2.25. The van der Waals surface area contributed by atoms with Gasteiger partial charge in [-0.3, -0.25) is 0 Å². The standard InChI is InChI=1S/C11H23NO2/c1-3-14-7-6-9-8-10(13-2)4-5-11(9)12/h9-11H,3-8,12H2,1-2H3. The Morgan fingerprint density at radius 3 is 2.79 bits per heavy atom. The highest BCUT2D eigenvalue weighted by Crippen LogP contribution is 2.27. The molecule has 0 bridgehead atoms. The third-order valence-electron chi connectivity index (χ3n) is 3.16. The van der Waals surface area contributed by atoms with E-state index in [9.17, 15) is 0 Å². The third kappa shape index (κ3) is 3.56. The molecule has 0 amide bonds.